The maximum atomic E-state index is 5.55. The molecule has 1 rings (SSSR count). The highest BCUT2D eigenvalue weighted by Crippen LogP contribution is 2.28. The van der Waals surface area contributed by atoms with Crippen molar-refractivity contribution in [1.29, 1.82) is 0 Å². The Kier molecular flexibility index (Phi) is 10.9. The SMILES string of the molecule is CCNC(=NCc1ccc(OCC)c(OC)c1)NCCCCSC. The molecule has 2 N–H and O–H groups in total. The van der Waals surface area contributed by atoms with Crippen LogP contribution in [0, 0.1) is 0 Å². The minimum atomic E-state index is 0.600. The Hall–Kier alpha value is -1.56. The molecule has 24 heavy (non-hydrogen) atoms. The highest BCUT2D eigenvalue weighted by Gasteiger charge is 2.05. The number of nitrogens with one attached hydrogen (secondary N) is 2. The monoisotopic (exact) mass is 353 g/mol. The standard InChI is InChI=1S/C18H31N3O2S/c1-5-19-18(20-11-7-8-12-24-4)21-14-15-9-10-16(23-6-2)17(13-15)22-3/h9-10,13H,5-8,11-12,14H2,1-4H3,(H2,19,20,21). The summed E-state index contributed by atoms with van der Waals surface area (Å²) in [6.07, 6.45) is 4.52. The highest BCUT2D eigenvalue weighted by atomic mass is 32.2. The Morgan fingerprint density at radius 3 is 2.67 bits per heavy atom. The van der Waals surface area contributed by atoms with Crippen LogP contribution in [-0.2, 0) is 6.54 Å². The second-order valence-corrected chi connectivity index (χ2v) is 6.23. The van der Waals surface area contributed by atoms with Gasteiger partial charge in [-0.05, 0) is 56.4 Å². The number of aliphatic imine (C=N–C) groups is 1. The summed E-state index contributed by atoms with van der Waals surface area (Å²) in [5, 5.41) is 6.67. The summed E-state index contributed by atoms with van der Waals surface area (Å²) in [6.45, 7) is 7.06. The number of rotatable bonds is 11. The summed E-state index contributed by atoms with van der Waals surface area (Å²) < 4.78 is 10.9. The van der Waals surface area contributed by atoms with Crippen LogP contribution in [0.2, 0.25) is 0 Å². The normalized spacial score (nSPS) is 11.2. The molecule has 5 nitrogen and oxygen atoms in total. The van der Waals surface area contributed by atoms with E-state index in [1.165, 1.54) is 12.2 Å². The molecule has 0 amide bonds. The van der Waals surface area contributed by atoms with E-state index in [0.29, 0.717) is 13.2 Å². The Balaban J connectivity index is 2.61. The third kappa shape index (κ3) is 7.81. The molecule has 0 radical (unpaired) electrons. The molecule has 0 saturated heterocycles. The first kappa shape index (κ1) is 20.5. The van der Waals surface area contributed by atoms with Crippen molar-refractivity contribution >= 4 is 17.7 Å². The van der Waals surface area contributed by atoms with Crippen LogP contribution in [-0.4, -0.2) is 44.8 Å². The second kappa shape index (κ2) is 12.8. The summed E-state index contributed by atoms with van der Waals surface area (Å²) in [4.78, 5) is 4.65. The summed E-state index contributed by atoms with van der Waals surface area (Å²) in [5.41, 5.74) is 1.09. The number of hydrogen-bond acceptors (Lipinski definition) is 4. The highest BCUT2D eigenvalue weighted by molar-refractivity contribution is 7.98. The van der Waals surface area contributed by atoms with E-state index >= 15 is 0 Å². The number of methoxy groups -OCH3 is 1. The first-order chi connectivity index (χ1) is 11.7. The minimum Gasteiger partial charge on any atom is -0.493 e. The number of unbranched alkanes of at least 4 members (excludes halogenated alkanes) is 1. The summed E-state index contributed by atoms with van der Waals surface area (Å²) in [5.74, 6) is 3.59. The zero-order valence-electron chi connectivity index (χ0n) is 15.4. The average Bonchev–Trinajstić information content (AvgIpc) is 2.60. The van der Waals surface area contributed by atoms with Crippen molar-refractivity contribution < 1.29 is 9.47 Å². The van der Waals surface area contributed by atoms with E-state index in [1.54, 1.807) is 7.11 Å². The molecule has 0 aromatic heterocycles. The zero-order valence-corrected chi connectivity index (χ0v) is 16.2. The third-order valence-electron chi connectivity index (χ3n) is 3.36. The lowest BCUT2D eigenvalue weighted by Crippen LogP contribution is -2.37. The molecule has 6 heteroatoms. The van der Waals surface area contributed by atoms with Gasteiger partial charge in [-0.2, -0.15) is 11.8 Å². The lowest BCUT2D eigenvalue weighted by molar-refractivity contribution is 0.310. The molecule has 0 unspecified atom stereocenters. The lowest BCUT2D eigenvalue weighted by atomic mass is 10.2. The van der Waals surface area contributed by atoms with Gasteiger partial charge in [-0.1, -0.05) is 6.07 Å². The molecular formula is C18H31N3O2S. The molecule has 0 aliphatic rings. The van der Waals surface area contributed by atoms with Crippen molar-refractivity contribution in [2.75, 3.05) is 38.8 Å². The zero-order chi connectivity index (χ0) is 17.6. The fourth-order valence-electron chi connectivity index (χ4n) is 2.18. The largest absolute Gasteiger partial charge is 0.493 e. The maximum Gasteiger partial charge on any atom is 0.191 e. The van der Waals surface area contributed by atoms with E-state index in [0.717, 1.165) is 42.5 Å². The van der Waals surface area contributed by atoms with E-state index in [4.69, 9.17) is 9.47 Å². The van der Waals surface area contributed by atoms with Crippen molar-refractivity contribution in [1.82, 2.24) is 10.6 Å². The molecule has 0 fully saturated rings. The molecular weight excluding hydrogens is 322 g/mol. The molecule has 1 aromatic rings. The first-order valence-corrected chi connectivity index (χ1v) is 9.95. The van der Waals surface area contributed by atoms with Gasteiger partial charge in [0.15, 0.2) is 17.5 Å². The van der Waals surface area contributed by atoms with Crippen LogP contribution in [0.4, 0.5) is 0 Å². The smallest absolute Gasteiger partial charge is 0.191 e. The predicted molar refractivity (Wildman–Crippen MR) is 105 cm³/mol. The van der Waals surface area contributed by atoms with Gasteiger partial charge in [-0.25, -0.2) is 4.99 Å². The van der Waals surface area contributed by atoms with Crippen molar-refractivity contribution in [3.05, 3.63) is 23.8 Å². The molecule has 0 spiro atoms. The number of hydrogen-bond donors (Lipinski definition) is 2. The van der Waals surface area contributed by atoms with E-state index in [-0.39, 0.29) is 0 Å². The molecule has 0 aliphatic heterocycles. The van der Waals surface area contributed by atoms with Gasteiger partial charge in [0.2, 0.25) is 0 Å². The van der Waals surface area contributed by atoms with Crippen molar-refractivity contribution in [3.8, 4) is 11.5 Å². The second-order valence-electron chi connectivity index (χ2n) is 5.24. The Bertz CT molecular complexity index is 495. The van der Waals surface area contributed by atoms with Crippen molar-refractivity contribution in [3.63, 3.8) is 0 Å². The lowest BCUT2D eigenvalue weighted by Gasteiger charge is -2.12. The quantitative estimate of drug-likeness (QED) is 0.363. The molecule has 0 bridgehead atoms. The van der Waals surface area contributed by atoms with Crippen LogP contribution in [0.25, 0.3) is 0 Å². The van der Waals surface area contributed by atoms with Gasteiger partial charge >= 0.3 is 0 Å². The number of ether oxygens (including phenoxy) is 2. The van der Waals surface area contributed by atoms with Crippen LogP contribution in [0.1, 0.15) is 32.3 Å². The summed E-state index contributed by atoms with van der Waals surface area (Å²) in [7, 11) is 1.66. The van der Waals surface area contributed by atoms with Gasteiger partial charge < -0.3 is 20.1 Å². The molecule has 0 saturated carbocycles. The minimum absolute atomic E-state index is 0.600. The van der Waals surface area contributed by atoms with E-state index in [9.17, 15) is 0 Å². The van der Waals surface area contributed by atoms with E-state index in [2.05, 4.69) is 28.8 Å². The van der Waals surface area contributed by atoms with Crippen LogP contribution < -0.4 is 20.1 Å². The van der Waals surface area contributed by atoms with E-state index < -0.39 is 0 Å². The van der Waals surface area contributed by atoms with Gasteiger partial charge in [0.05, 0.1) is 20.3 Å². The number of benzene rings is 1. The van der Waals surface area contributed by atoms with Crippen LogP contribution >= 0.6 is 11.8 Å². The van der Waals surface area contributed by atoms with Crippen LogP contribution in [0.3, 0.4) is 0 Å². The van der Waals surface area contributed by atoms with Crippen molar-refractivity contribution in [2.45, 2.75) is 33.2 Å². The Morgan fingerprint density at radius 1 is 1.17 bits per heavy atom. The topological polar surface area (TPSA) is 54.9 Å². The number of guanidine groups is 1. The Labute approximate surface area is 150 Å². The van der Waals surface area contributed by atoms with Gasteiger partial charge in [-0.15, -0.1) is 0 Å². The van der Waals surface area contributed by atoms with E-state index in [1.807, 2.05) is 36.9 Å². The van der Waals surface area contributed by atoms with Crippen LogP contribution in [0.15, 0.2) is 23.2 Å². The molecule has 1 aromatic carbocycles. The van der Waals surface area contributed by atoms with Crippen LogP contribution in [0.5, 0.6) is 11.5 Å². The fourth-order valence-corrected chi connectivity index (χ4v) is 2.67. The fraction of sp³-hybridized carbons (Fsp3) is 0.611. The summed E-state index contributed by atoms with van der Waals surface area (Å²) >= 11 is 1.89. The average molecular weight is 354 g/mol. The third-order valence-corrected chi connectivity index (χ3v) is 4.06. The molecule has 0 atom stereocenters. The Morgan fingerprint density at radius 2 is 2.00 bits per heavy atom. The maximum absolute atomic E-state index is 5.55. The number of thioether (sulfide) groups is 1. The summed E-state index contributed by atoms with van der Waals surface area (Å²) in [6, 6.07) is 5.95. The molecule has 136 valence electrons. The first-order valence-electron chi connectivity index (χ1n) is 8.55. The van der Waals surface area contributed by atoms with Gasteiger partial charge in [0, 0.05) is 13.1 Å². The van der Waals surface area contributed by atoms with Crippen molar-refractivity contribution in [2.24, 2.45) is 4.99 Å². The van der Waals surface area contributed by atoms with Gasteiger partial charge in [0.25, 0.3) is 0 Å². The van der Waals surface area contributed by atoms with Gasteiger partial charge in [-0.3, -0.25) is 0 Å². The predicted octanol–water partition coefficient (Wildman–Crippen LogP) is 3.29. The number of nitrogens with zero attached hydrogens (tertiary/aromatic N) is 1. The molecule has 0 aliphatic carbocycles. The van der Waals surface area contributed by atoms with Gasteiger partial charge in [0.1, 0.15) is 0 Å². The molecule has 0 heterocycles.